The molecule has 5 heteroatoms. The number of hydrogen-bond donors (Lipinski definition) is 2. The maximum atomic E-state index is 13.4. The maximum absolute atomic E-state index is 13.4. The van der Waals surface area contributed by atoms with Crippen molar-refractivity contribution < 1.29 is 9.18 Å². The lowest BCUT2D eigenvalue weighted by Gasteiger charge is -2.13. The smallest absolute Gasteiger partial charge is 0.318 e. The summed E-state index contributed by atoms with van der Waals surface area (Å²) in [5.74, 6) is -0.532. The molecular weight excluding hydrogens is 257 g/mol. The number of amides is 2. The van der Waals surface area contributed by atoms with Crippen molar-refractivity contribution in [2.24, 2.45) is 0 Å². The van der Waals surface area contributed by atoms with Gasteiger partial charge in [-0.15, -0.1) is 0 Å². The minimum Gasteiger partial charge on any atom is -0.318 e. The Kier molecular flexibility index (Phi) is 4.30. The summed E-state index contributed by atoms with van der Waals surface area (Å²) < 4.78 is 13.4. The third-order valence-electron chi connectivity index (χ3n) is 2.66. The van der Waals surface area contributed by atoms with Crippen LogP contribution in [0.2, 0.25) is 0 Å². The Morgan fingerprint density at radius 2 is 1.75 bits per heavy atom. The molecule has 2 aromatic carbocycles. The molecule has 0 radical (unpaired) electrons. The molecule has 1 atom stereocenters. The van der Waals surface area contributed by atoms with E-state index in [-0.39, 0.29) is 5.69 Å². The summed E-state index contributed by atoms with van der Waals surface area (Å²) in [6.07, 6.45) is 0. The number of para-hydroxylation sites is 1. The maximum Gasteiger partial charge on any atom is 0.320 e. The van der Waals surface area contributed by atoms with Gasteiger partial charge in [0.15, 0.2) is 0 Å². The van der Waals surface area contributed by atoms with Crippen molar-refractivity contribution in [2.75, 3.05) is 5.32 Å². The second kappa shape index (κ2) is 6.34. The summed E-state index contributed by atoms with van der Waals surface area (Å²) >= 11 is 0. The molecule has 2 aromatic rings. The van der Waals surface area contributed by atoms with Gasteiger partial charge in [-0.25, -0.2) is 9.18 Å². The molecule has 20 heavy (non-hydrogen) atoms. The molecule has 0 bridgehead atoms. The second-order valence-electron chi connectivity index (χ2n) is 4.05. The molecule has 0 aliphatic rings. The molecule has 2 rings (SSSR count). The Bertz CT molecular complexity index is 637. The third kappa shape index (κ3) is 3.33. The van der Waals surface area contributed by atoms with Gasteiger partial charge < -0.3 is 10.6 Å². The normalized spacial score (nSPS) is 11.2. The number of nitriles is 1. The minimum atomic E-state index is -0.789. The first-order chi connectivity index (χ1) is 9.70. The van der Waals surface area contributed by atoms with Gasteiger partial charge in [-0.1, -0.05) is 42.5 Å². The van der Waals surface area contributed by atoms with Gasteiger partial charge in [-0.3, -0.25) is 0 Å². The number of carbonyl (C=O) groups is 1. The highest BCUT2D eigenvalue weighted by Crippen LogP contribution is 2.14. The predicted octanol–water partition coefficient (Wildman–Crippen LogP) is 3.21. The Hall–Kier alpha value is -2.87. The second-order valence-corrected chi connectivity index (χ2v) is 4.05. The van der Waals surface area contributed by atoms with Crippen LogP contribution in [-0.4, -0.2) is 6.03 Å². The van der Waals surface area contributed by atoms with Crippen LogP contribution in [0.15, 0.2) is 54.6 Å². The standard InChI is InChI=1S/C15H12FN3O/c16-12-8-4-5-9-13(12)18-15(20)19-14(10-17)11-6-2-1-3-7-11/h1-9,14H,(H2,18,19,20). The first-order valence-corrected chi connectivity index (χ1v) is 5.97. The molecule has 2 N–H and O–H groups in total. The average molecular weight is 269 g/mol. The van der Waals surface area contributed by atoms with Crippen LogP contribution in [0.4, 0.5) is 14.9 Å². The summed E-state index contributed by atoms with van der Waals surface area (Å²) in [6, 6.07) is 15.2. The summed E-state index contributed by atoms with van der Waals surface area (Å²) in [4.78, 5) is 11.8. The Labute approximate surface area is 115 Å². The van der Waals surface area contributed by atoms with Gasteiger partial charge >= 0.3 is 6.03 Å². The Morgan fingerprint density at radius 1 is 1.10 bits per heavy atom. The van der Waals surface area contributed by atoms with Gasteiger partial charge in [0.25, 0.3) is 0 Å². The van der Waals surface area contributed by atoms with Crippen LogP contribution in [0.25, 0.3) is 0 Å². The zero-order valence-electron chi connectivity index (χ0n) is 10.5. The molecular formula is C15H12FN3O. The summed E-state index contributed by atoms with van der Waals surface area (Å²) in [7, 11) is 0. The topological polar surface area (TPSA) is 64.9 Å². The van der Waals surface area contributed by atoms with E-state index in [1.54, 1.807) is 30.3 Å². The van der Waals surface area contributed by atoms with Crippen molar-refractivity contribution in [3.8, 4) is 6.07 Å². The number of nitrogens with one attached hydrogen (secondary N) is 2. The number of nitrogens with zero attached hydrogens (tertiary/aromatic N) is 1. The summed E-state index contributed by atoms with van der Waals surface area (Å²) in [6.45, 7) is 0. The molecule has 2 amide bonds. The van der Waals surface area contributed by atoms with Crippen molar-refractivity contribution in [3.05, 3.63) is 66.0 Å². The van der Waals surface area contributed by atoms with E-state index in [4.69, 9.17) is 5.26 Å². The highest BCUT2D eigenvalue weighted by Gasteiger charge is 2.14. The number of hydrogen-bond acceptors (Lipinski definition) is 2. The minimum absolute atomic E-state index is 0.0646. The van der Waals surface area contributed by atoms with E-state index in [0.29, 0.717) is 5.56 Å². The van der Waals surface area contributed by atoms with Crippen molar-refractivity contribution in [1.29, 1.82) is 5.26 Å². The van der Waals surface area contributed by atoms with Crippen molar-refractivity contribution in [1.82, 2.24) is 5.32 Å². The quantitative estimate of drug-likeness (QED) is 0.898. The number of rotatable bonds is 3. The lowest BCUT2D eigenvalue weighted by atomic mass is 10.1. The van der Waals surface area contributed by atoms with Gasteiger partial charge in [0, 0.05) is 0 Å². The first-order valence-electron chi connectivity index (χ1n) is 5.97. The summed E-state index contributed by atoms with van der Waals surface area (Å²) in [5.41, 5.74) is 0.730. The van der Waals surface area contributed by atoms with E-state index >= 15 is 0 Å². The van der Waals surface area contributed by atoms with E-state index in [2.05, 4.69) is 10.6 Å². The molecule has 100 valence electrons. The van der Waals surface area contributed by atoms with Gasteiger partial charge in [0.2, 0.25) is 0 Å². The lowest BCUT2D eigenvalue weighted by Crippen LogP contribution is -2.32. The number of benzene rings is 2. The molecule has 0 saturated carbocycles. The average Bonchev–Trinajstić information content (AvgIpc) is 2.48. The van der Waals surface area contributed by atoms with E-state index in [1.165, 1.54) is 18.2 Å². The molecule has 0 saturated heterocycles. The fourth-order valence-corrected chi connectivity index (χ4v) is 1.69. The Balaban J connectivity index is 2.04. The first kappa shape index (κ1) is 13.6. The van der Waals surface area contributed by atoms with E-state index in [0.717, 1.165) is 0 Å². The van der Waals surface area contributed by atoms with Gasteiger partial charge in [-0.2, -0.15) is 5.26 Å². The van der Waals surface area contributed by atoms with Crippen molar-refractivity contribution >= 4 is 11.7 Å². The van der Waals surface area contributed by atoms with Gasteiger partial charge in [0.1, 0.15) is 11.9 Å². The SMILES string of the molecule is N#CC(NC(=O)Nc1ccccc1F)c1ccccc1. The number of anilines is 1. The third-order valence-corrected chi connectivity index (χ3v) is 2.66. The van der Waals surface area contributed by atoms with Crippen LogP contribution in [-0.2, 0) is 0 Å². The van der Waals surface area contributed by atoms with Crippen LogP contribution in [0.1, 0.15) is 11.6 Å². The number of carbonyl (C=O) groups excluding carboxylic acids is 1. The van der Waals surface area contributed by atoms with E-state index < -0.39 is 17.9 Å². The Morgan fingerprint density at radius 3 is 2.40 bits per heavy atom. The monoisotopic (exact) mass is 269 g/mol. The molecule has 0 aliphatic heterocycles. The fraction of sp³-hybridized carbons (Fsp3) is 0.0667. The van der Waals surface area contributed by atoms with Crippen LogP contribution < -0.4 is 10.6 Å². The predicted molar refractivity (Wildman–Crippen MR) is 73.4 cm³/mol. The molecule has 0 heterocycles. The number of urea groups is 1. The number of halogens is 1. The van der Waals surface area contributed by atoms with E-state index in [9.17, 15) is 9.18 Å². The van der Waals surface area contributed by atoms with Crippen molar-refractivity contribution in [2.45, 2.75) is 6.04 Å². The highest BCUT2D eigenvalue weighted by atomic mass is 19.1. The zero-order chi connectivity index (χ0) is 14.4. The molecule has 1 unspecified atom stereocenters. The lowest BCUT2D eigenvalue weighted by molar-refractivity contribution is 0.250. The molecule has 4 nitrogen and oxygen atoms in total. The fourth-order valence-electron chi connectivity index (χ4n) is 1.69. The molecule has 0 aromatic heterocycles. The van der Waals surface area contributed by atoms with Gasteiger partial charge in [-0.05, 0) is 17.7 Å². The van der Waals surface area contributed by atoms with Gasteiger partial charge in [0.05, 0.1) is 11.8 Å². The molecule has 0 fully saturated rings. The van der Waals surface area contributed by atoms with Crippen LogP contribution in [0.5, 0.6) is 0 Å². The zero-order valence-corrected chi connectivity index (χ0v) is 10.5. The van der Waals surface area contributed by atoms with E-state index in [1.807, 2.05) is 12.1 Å². The van der Waals surface area contributed by atoms with Crippen LogP contribution in [0, 0.1) is 17.1 Å². The molecule has 0 spiro atoms. The highest BCUT2D eigenvalue weighted by molar-refractivity contribution is 5.89. The van der Waals surface area contributed by atoms with Crippen molar-refractivity contribution in [3.63, 3.8) is 0 Å². The summed E-state index contributed by atoms with van der Waals surface area (Å²) in [5, 5.41) is 13.9. The largest absolute Gasteiger partial charge is 0.320 e. The molecule has 0 aliphatic carbocycles. The van der Waals surface area contributed by atoms with Crippen LogP contribution >= 0.6 is 0 Å². The van der Waals surface area contributed by atoms with Crippen LogP contribution in [0.3, 0.4) is 0 Å².